The Balaban J connectivity index is 1.54. The summed E-state index contributed by atoms with van der Waals surface area (Å²) in [6.07, 6.45) is 3.33. The second-order valence-electron chi connectivity index (χ2n) is 6.12. The van der Waals surface area contributed by atoms with Crippen LogP contribution < -0.4 is 0 Å². The molecule has 8 nitrogen and oxygen atoms in total. The van der Waals surface area contributed by atoms with Crippen LogP contribution in [0, 0.1) is 5.92 Å². The first-order valence-corrected chi connectivity index (χ1v) is 8.44. The fourth-order valence-corrected chi connectivity index (χ4v) is 3.34. The summed E-state index contributed by atoms with van der Waals surface area (Å²) in [5, 5.41) is 0.536. The molecule has 0 spiro atoms. The molecule has 1 aromatic heterocycles. The number of imide groups is 1. The second kappa shape index (κ2) is 6.38. The van der Waals surface area contributed by atoms with E-state index in [4.69, 9.17) is 9.57 Å². The summed E-state index contributed by atoms with van der Waals surface area (Å²) in [7, 11) is 0. The number of aromatic nitrogens is 2. The van der Waals surface area contributed by atoms with Gasteiger partial charge in [-0.25, -0.2) is 9.78 Å². The summed E-state index contributed by atoms with van der Waals surface area (Å²) in [5.41, 5.74) is 0.456. The molecular weight excluding hydrogens is 338 g/mol. The number of ether oxygens (including phenoxy) is 1. The highest BCUT2D eigenvalue weighted by molar-refractivity contribution is 6.20. The van der Waals surface area contributed by atoms with E-state index in [9.17, 15) is 14.4 Å². The average molecular weight is 355 g/mol. The predicted octanol–water partition coefficient (Wildman–Crippen LogP) is 1.74. The molecule has 1 saturated heterocycles. The Bertz CT molecular complexity index is 855. The van der Waals surface area contributed by atoms with Crippen LogP contribution in [0.25, 0.3) is 0 Å². The Morgan fingerprint density at radius 1 is 1.27 bits per heavy atom. The Labute approximate surface area is 149 Å². The van der Waals surface area contributed by atoms with Gasteiger partial charge in [0.05, 0.1) is 17.0 Å². The van der Waals surface area contributed by atoms with Gasteiger partial charge in [0.1, 0.15) is 11.9 Å². The molecule has 26 heavy (non-hydrogen) atoms. The lowest BCUT2D eigenvalue weighted by atomic mass is 10.0. The van der Waals surface area contributed by atoms with E-state index in [0.29, 0.717) is 30.5 Å². The van der Waals surface area contributed by atoms with Crippen LogP contribution >= 0.6 is 0 Å². The number of rotatable bonds is 4. The zero-order chi connectivity index (χ0) is 18.3. The highest BCUT2D eigenvalue weighted by atomic mass is 16.7. The maximum absolute atomic E-state index is 12.7. The molecular formula is C18H17N3O5. The molecule has 2 aromatic rings. The highest BCUT2D eigenvalue weighted by Crippen LogP contribution is 2.35. The summed E-state index contributed by atoms with van der Waals surface area (Å²) in [4.78, 5) is 46.8. The van der Waals surface area contributed by atoms with E-state index >= 15 is 0 Å². The normalized spacial score (nSPS) is 22.0. The van der Waals surface area contributed by atoms with Gasteiger partial charge in [-0.3, -0.25) is 9.59 Å². The molecule has 0 saturated carbocycles. The number of hydrogen-bond acceptors (Lipinski definition) is 6. The Morgan fingerprint density at radius 3 is 2.62 bits per heavy atom. The second-order valence-corrected chi connectivity index (χ2v) is 6.12. The van der Waals surface area contributed by atoms with E-state index in [1.807, 2.05) is 17.7 Å². The number of imidazole rings is 1. The van der Waals surface area contributed by atoms with Crippen LogP contribution in [-0.2, 0) is 20.9 Å². The van der Waals surface area contributed by atoms with Crippen molar-refractivity contribution >= 4 is 17.8 Å². The fourth-order valence-electron chi connectivity index (χ4n) is 3.34. The number of nitrogens with zero attached hydrogens (tertiary/aromatic N) is 3. The van der Waals surface area contributed by atoms with Crippen molar-refractivity contribution in [2.45, 2.75) is 26.0 Å². The molecule has 8 heteroatoms. The molecule has 0 bridgehead atoms. The molecule has 0 unspecified atom stereocenters. The standard InChI is InChI=1S/C18H17N3O5/c1-2-20-9-8-19-15(20)14-13(7-10-25-14)18(24)26-21-16(22)11-5-3-4-6-12(11)17(21)23/h3-6,8-9,13-14H,2,7,10H2,1H3/t13-,14-/m1/s1. The van der Waals surface area contributed by atoms with Gasteiger partial charge >= 0.3 is 5.97 Å². The van der Waals surface area contributed by atoms with Crippen molar-refractivity contribution in [1.82, 2.24) is 14.6 Å². The van der Waals surface area contributed by atoms with E-state index in [1.165, 1.54) is 12.1 Å². The SMILES string of the molecule is CCn1ccnc1[C@@H]1OCC[C@H]1C(=O)ON1C(=O)c2ccccc2C1=O. The summed E-state index contributed by atoms with van der Waals surface area (Å²) in [6.45, 7) is 3.03. The van der Waals surface area contributed by atoms with E-state index in [1.54, 1.807) is 18.3 Å². The van der Waals surface area contributed by atoms with Crippen LogP contribution in [0.15, 0.2) is 36.7 Å². The van der Waals surface area contributed by atoms with Crippen LogP contribution in [0.4, 0.5) is 0 Å². The topological polar surface area (TPSA) is 90.7 Å². The molecule has 0 radical (unpaired) electrons. The molecule has 2 aliphatic rings. The van der Waals surface area contributed by atoms with Crippen molar-refractivity contribution in [1.29, 1.82) is 0 Å². The first-order chi connectivity index (χ1) is 12.6. The van der Waals surface area contributed by atoms with Gasteiger partial charge in [0.25, 0.3) is 11.8 Å². The van der Waals surface area contributed by atoms with E-state index in [-0.39, 0.29) is 11.1 Å². The predicted molar refractivity (Wildman–Crippen MR) is 87.7 cm³/mol. The summed E-state index contributed by atoms with van der Waals surface area (Å²) in [5.74, 6) is -1.94. The highest BCUT2D eigenvalue weighted by Gasteiger charge is 2.44. The van der Waals surface area contributed by atoms with Gasteiger partial charge in [-0.05, 0) is 25.5 Å². The van der Waals surface area contributed by atoms with Crippen molar-refractivity contribution in [3.05, 3.63) is 53.6 Å². The number of hydrogen-bond donors (Lipinski definition) is 0. The van der Waals surface area contributed by atoms with Crippen LogP contribution in [0.2, 0.25) is 0 Å². The number of hydroxylamine groups is 2. The minimum absolute atomic E-state index is 0.228. The molecule has 0 aliphatic carbocycles. The van der Waals surface area contributed by atoms with Gasteiger partial charge in [-0.1, -0.05) is 17.2 Å². The summed E-state index contributed by atoms with van der Waals surface area (Å²) >= 11 is 0. The molecule has 2 aliphatic heterocycles. The quantitative estimate of drug-likeness (QED) is 0.776. The van der Waals surface area contributed by atoms with Crippen LogP contribution in [0.5, 0.6) is 0 Å². The molecule has 2 amide bonds. The maximum Gasteiger partial charge on any atom is 0.339 e. The number of benzene rings is 1. The van der Waals surface area contributed by atoms with Gasteiger partial charge < -0.3 is 14.1 Å². The van der Waals surface area contributed by atoms with Crippen molar-refractivity contribution < 1.29 is 24.0 Å². The molecule has 4 rings (SSSR count). The zero-order valence-electron chi connectivity index (χ0n) is 14.1. The third kappa shape index (κ3) is 2.50. The van der Waals surface area contributed by atoms with Gasteiger partial charge in [0.2, 0.25) is 0 Å². The van der Waals surface area contributed by atoms with Gasteiger partial charge in [0, 0.05) is 25.5 Å². The number of carbonyl (C=O) groups excluding carboxylic acids is 3. The molecule has 0 N–H and O–H groups in total. The van der Waals surface area contributed by atoms with Crippen molar-refractivity contribution in [2.75, 3.05) is 6.61 Å². The lowest BCUT2D eigenvalue weighted by Gasteiger charge is -2.20. The third-order valence-corrected chi connectivity index (χ3v) is 4.68. The average Bonchev–Trinajstić information content (AvgIpc) is 3.36. The largest absolute Gasteiger partial charge is 0.369 e. The Kier molecular flexibility index (Phi) is 4.04. The minimum Gasteiger partial charge on any atom is -0.369 e. The summed E-state index contributed by atoms with van der Waals surface area (Å²) < 4.78 is 7.57. The maximum atomic E-state index is 12.7. The first-order valence-electron chi connectivity index (χ1n) is 8.44. The molecule has 1 fully saturated rings. The monoisotopic (exact) mass is 355 g/mol. The van der Waals surface area contributed by atoms with Crippen LogP contribution in [0.3, 0.4) is 0 Å². The number of amides is 2. The molecule has 3 heterocycles. The van der Waals surface area contributed by atoms with Gasteiger partial charge in [0.15, 0.2) is 0 Å². The number of aryl methyl sites for hydroxylation is 1. The van der Waals surface area contributed by atoms with Gasteiger partial charge in [-0.15, -0.1) is 0 Å². The smallest absolute Gasteiger partial charge is 0.339 e. The third-order valence-electron chi connectivity index (χ3n) is 4.68. The van der Waals surface area contributed by atoms with E-state index in [0.717, 1.165) is 0 Å². The van der Waals surface area contributed by atoms with Crippen LogP contribution in [-0.4, -0.2) is 39.0 Å². The lowest BCUT2D eigenvalue weighted by molar-refractivity contribution is -0.175. The minimum atomic E-state index is -0.673. The fraction of sp³-hybridized carbons (Fsp3) is 0.333. The zero-order valence-corrected chi connectivity index (χ0v) is 14.1. The van der Waals surface area contributed by atoms with Crippen molar-refractivity contribution in [3.63, 3.8) is 0 Å². The number of carbonyl (C=O) groups is 3. The lowest BCUT2D eigenvalue weighted by Crippen LogP contribution is -2.36. The summed E-state index contributed by atoms with van der Waals surface area (Å²) in [6, 6.07) is 6.37. The van der Waals surface area contributed by atoms with Crippen LogP contribution in [0.1, 0.15) is 46.0 Å². The van der Waals surface area contributed by atoms with Crippen molar-refractivity contribution in [3.8, 4) is 0 Å². The molecule has 134 valence electrons. The Hall–Kier alpha value is -3.00. The number of fused-ring (bicyclic) bond motifs is 1. The molecule has 2 atom stereocenters. The molecule has 1 aromatic carbocycles. The Morgan fingerprint density at radius 2 is 1.96 bits per heavy atom. The van der Waals surface area contributed by atoms with E-state index in [2.05, 4.69) is 4.98 Å². The van der Waals surface area contributed by atoms with Gasteiger partial charge in [-0.2, -0.15) is 0 Å². The first kappa shape index (κ1) is 16.5. The van der Waals surface area contributed by atoms with Crippen molar-refractivity contribution in [2.24, 2.45) is 5.92 Å². The van der Waals surface area contributed by atoms with E-state index < -0.39 is 29.8 Å².